The zero-order valence-corrected chi connectivity index (χ0v) is 10.7. The van der Waals surface area contributed by atoms with Gasteiger partial charge < -0.3 is 5.32 Å². The second-order valence-corrected chi connectivity index (χ2v) is 4.40. The van der Waals surface area contributed by atoms with Crippen molar-refractivity contribution in [2.45, 2.75) is 32.4 Å². The Hall–Kier alpha value is -1.68. The van der Waals surface area contributed by atoms with Crippen LogP contribution in [0.3, 0.4) is 0 Å². The number of benzene rings is 1. The van der Waals surface area contributed by atoms with Crippen molar-refractivity contribution in [2.75, 3.05) is 0 Å². The fourth-order valence-electron chi connectivity index (χ4n) is 2.08. The number of nitrogens with one attached hydrogen (secondary N) is 2. The van der Waals surface area contributed by atoms with Gasteiger partial charge in [0.2, 0.25) is 0 Å². The van der Waals surface area contributed by atoms with E-state index in [0.29, 0.717) is 0 Å². The molecule has 2 N–H and O–H groups in total. The Labute approximate surface area is 106 Å². The summed E-state index contributed by atoms with van der Waals surface area (Å²) < 4.78 is 13.8. The van der Waals surface area contributed by atoms with E-state index in [1.54, 1.807) is 12.3 Å². The lowest BCUT2D eigenvalue weighted by Gasteiger charge is -2.22. The predicted molar refractivity (Wildman–Crippen MR) is 69.6 cm³/mol. The topological polar surface area (TPSA) is 40.7 Å². The van der Waals surface area contributed by atoms with Crippen molar-refractivity contribution in [2.24, 2.45) is 0 Å². The Morgan fingerprint density at radius 2 is 2.17 bits per heavy atom. The fourth-order valence-corrected chi connectivity index (χ4v) is 2.08. The Kier molecular flexibility index (Phi) is 4.10. The van der Waals surface area contributed by atoms with Gasteiger partial charge in [-0.3, -0.25) is 5.10 Å². The van der Waals surface area contributed by atoms with E-state index in [2.05, 4.69) is 15.5 Å². The minimum Gasteiger partial charge on any atom is -0.303 e. The Bertz CT molecular complexity index is 482. The number of rotatable bonds is 5. The zero-order chi connectivity index (χ0) is 13.0. The maximum Gasteiger partial charge on any atom is 0.127 e. The molecule has 0 amide bonds. The summed E-state index contributed by atoms with van der Waals surface area (Å²) in [5, 5.41) is 10.1. The third-order valence-corrected chi connectivity index (χ3v) is 3.16. The van der Waals surface area contributed by atoms with Crippen LogP contribution >= 0.6 is 0 Å². The van der Waals surface area contributed by atoms with Gasteiger partial charge in [-0.05, 0) is 19.4 Å². The van der Waals surface area contributed by atoms with E-state index < -0.39 is 0 Å². The molecule has 1 aromatic carbocycles. The van der Waals surface area contributed by atoms with Crippen molar-refractivity contribution in [3.63, 3.8) is 0 Å². The van der Waals surface area contributed by atoms with Crippen LogP contribution in [0.4, 0.5) is 4.39 Å². The molecule has 4 heteroatoms. The molecule has 2 atom stereocenters. The van der Waals surface area contributed by atoms with Crippen LogP contribution in [0.2, 0.25) is 0 Å². The van der Waals surface area contributed by atoms with Crippen LogP contribution in [0.25, 0.3) is 0 Å². The van der Waals surface area contributed by atoms with Crippen molar-refractivity contribution in [3.8, 4) is 0 Å². The molecule has 0 saturated heterocycles. The van der Waals surface area contributed by atoms with Crippen LogP contribution < -0.4 is 5.32 Å². The highest BCUT2D eigenvalue weighted by molar-refractivity contribution is 5.22. The average molecular weight is 247 g/mol. The number of hydrogen-bond donors (Lipinski definition) is 2. The highest BCUT2D eigenvalue weighted by atomic mass is 19.1. The van der Waals surface area contributed by atoms with E-state index in [9.17, 15) is 4.39 Å². The largest absolute Gasteiger partial charge is 0.303 e. The van der Waals surface area contributed by atoms with Gasteiger partial charge in [-0.2, -0.15) is 5.10 Å². The monoisotopic (exact) mass is 247 g/mol. The van der Waals surface area contributed by atoms with E-state index in [-0.39, 0.29) is 17.9 Å². The molecule has 3 nitrogen and oxygen atoms in total. The molecule has 2 rings (SSSR count). The first-order chi connectivity index (χ1) is 8.72. The summed E-state index contributed by atoms with van der Waals surface area (Å²) in [6.45, 7) is 4.10. The first-order valence-electron chi connectivity index (χ1n) is 6.21. The second-order valence-electron chi connectivity index (χ2n) is 4.40. The van der Waals surface area contributed by atoms with Crippen molar-refractivity contribution in [1.82, 2.24) is 15.5 Å². The van der Waals surface area contributed by atoms with E-state index in [0.717, 1.165) is 17.5 Å². The van der Waals surface area contributed by atoms with Gasteiger partial charge in [0, 0.05) is 29.4 Å². The van der Waals surface area contributed by atoms with E-state index in [1.807, 2.05) is 32.2 Å². The maximum absolute atomic E-state index is 13.8. The number of halogens is 1. The lowest BCUT2D eigenvalue weighted by Crippen LogP contribution is -2.24. The maximum atomic E-state index is 13.8. The van der Waals surface area contributed by atoms with Crippen molar-refractivity contribution in [3.05, 3.63) is 53.6 Å². The summed E-state index contributed by atoms with van der Waals surface area (Å²) in [5.74, 6) is -0.156. The van der Waals surface area contributed by atoms with Crippen molar-refractivity contribution < 1.29 is 4.39 Å². The number of hydrogen-bond acceptors (Lipinski definition) is 2. The average Bonchev–Trinajstić information content (AvgIpc) is 2.90. The van der Waals surface area contributed by atoms with E-state index in [1.165, 1.54) is 6.07 Å². The van der Waals surface area contributed by atoms with Crippen molar-refractivity contribution in [1.29, 1.82) is 0 Å². The van der Waals surface area contributed by atoms with Crippen molar-refractivity contribution >= 4 is 0 Å². The van der Waals surface area contributed by atoms with Crippen LogP contribution in [0.5, 0.6) is 0 Å². The first-order valence-corrected chi connectivity index (χ1v) is 6.21. The van der Waals surface area contributed by atoms with Gasteiger partial charge in [0.1, 0.15) is 5.82 Å². The second kappa shape index (κ2) is 5.78. The normalized spacial score (nSPS) is 14.4. The molecular weight excluding hydrogens is 229 g/mol. The number of aromatic nitrogens is 2. The van der Waals surface area contributed by atoms with Gasteiger partial charge >= 0.3 is 0 Å². The summed E-state index contributed by atoms with van der Waals surface area (Å²) in [6.07, 6.45) is 4.47. The van der Waals surface area contributed by atoms with Crippen LogP contribution in [-0.4, -0.2) is 10.2 Å². The summed E-state index contributed by atoms with van der Waals surface area (Å²) >= 11 is 0. The number of aromatic amines is 1. The molecule has 0 fully saturated rings. The van der Waals surface area contributed by atoms with Gasteiger partial charge in [0.15, 0.2) is 0 Å². The minimum atomic E-state index is -0.156. The molecule has 1 aromatic heterocycles. The first kappa shape index (κ1) is 12.8. The molecule has 0 aliphatic rings. The quantitative estimate of drug-likeness (QED) is 0.850. The molecule has 96 valence electrons. The predicted octanol–water partition coefficient (Wildman–Crippen LogP) is 3.35. The van der Waals surface area contributed by atoms with Crippen LogP contribution in [0.1, 0.15) is 43.5 Å². The third kappa shape index (κ3) is 2.76. The molecule has 0 aliphatic heterocycles. The van der Waals surface area contributed by atoms with E-state index >= 15 is 0 Å². The molecule has 0 spiro atoms. The summed E-state index contributed by atoms with van der Waals surface area (Å²) in [4.78, 5) is 0. The highest BCUT2D eigenvalue weighted by Gasteiger charge is 2.16. The Balaban J connectivity index is 2.13. The molecule has 2 unspecified atom stereocenters. The minimum absolute atomic E-state index is 0.0103. The standard InChI is InChI=1S/C14H18FN3/c1-3-14(12-6-4-5-7-13(12)15)18-10(2)11-8-16-17-9-11/h4-10,14,18H,3H2,1-2H3,(H,16,17). The number of nitrogens with zero attached hydrogens (tertiary/aromatic N) is 1. The van der Waals surface area contributed by atoms with Gasteiger partial charge in [-0.1, -0.05) is 25.1 Å². The summed E-state index contributed by atoms with van der Waals surface area (Å²) in [6, 6.07) is 7.06. The molecular formula is C14H18FN3. The molecule has 0 aliphatic carbocycles. The zero-order valence-electron chi connectivity index (χ0n) is 10.7. The molecule has 2 aromatic rings. The highest BCUT2D eigenvalue weighted by Crippen LogP contribution is 2.23. The van der Waals surface area contributed by atoms with Crippen LogP contribution in [0, 0.1) is 5.82 Å². The SMILES string of the molecule is CCC(NC(C)c1cn[nH]c1)c1ccccc1F. The fraction of sp³-hybridized carbons (Fsp3) is 0.357. The molecule has 0 radical (unpaired) electrons. The Morgan fingerprint density at radius 1 is 1.39 bits per heavy atom. The molecule has 18 heavy (non-hydrogen) atoms. The van der Waals surface area contributed by atoms with Crippen LogP contribution in [-0.2, 0) is 0 Å². The molecule has 1 heterocycles. The lowest BCUT2D eigenvalue weighted by molar-refractivity contribution is 0.439. The van der Waals surface area contributed by atoms with E-state index in [4.69, 9.17) is 0 Å². The van der Waals surface area contributed by atoms with Gasteiger partial charge in [-0.25, -0.2) is 4.39 Å². The lowest BCUT2D eigenvalue weighted by atomic mass is 10.0. The van der Waals surface area contributed by atoms with Crippen LogP contribution in [0.15, 0.2) is 36.7 Å². The Morgan fingerprint density at radius 3 is 2.78 bits per heavy atom. The third-order valence-electron chi connectivity index (χ3n) is 3.16. The van der Waals surface area contributed by atoms with Gasteiger partial charge in [0.25, 0.3) is 0 Å². The molecule has 0 saturated carbocycles. The summed E-state index contributed by atoms with van der Waals surface area (Å²) in [5.41, 5.74) is 1.79. The summed E-state index contributed by atoms with van der Waals surface area (Å²) in [7, 11) is 0. The smallest absolute Gasteiger partial charge is 0.127 e. The van der Waals surface area contributed by atoms with Gasteiger partial charge in [0.05, 0.1) is 6.20 Å². The molecule has 0 bridgehead atoms. The van der Waals surface area contributed by atoms with Gasteiger partial charge in [-0.15, -0.1) is 0 Å². The number of H-pyrrole nitrogens is 1.